The van der Waals surface area contributed by atoms with Crippen LogP contribution in [0.25, 0.3) is 0 Å². The average Bonchev–Trinajstić information content (AvgIpc) is 2.97. The molecule has 4 rings (SSSR count). The van der Waals surface area contributed by atoms with Gasteiger partial charge in [0.2, 0.25) is 0 Å². The van der Waals surface area contributed by atoms with Crippen LogP contribution in [0.3, 0.4) is 0 Å². The van der Waals surface area contributed by atoms with Crippen LogP contribution < -0.4 is 0 Å². The summed E-state index contributed by atoms with van der Waals surface area (Å²) in [7, 11) is 1.35. The van der Waals surface area contributed by atoms with Crippen molar-refractivity contribution in [2.24, 2.45) is 28.6 Å². The lowest BCUT2D eigenvalue weighted by molar-refractivity contribution is -0.149. The Morgan fingerprint density at radius 2 is 2.00 bits per heavy atom. The minimum absolute atomic E-state index is 0.0391. The Kier molecular flexibility index (Phi) is 5.00. The molecule has 164 valence electrons. The molecule has 2 fully saturated rings. The fourth-order valence-electron chi connectivity index (χ4n) is 7.03. The number of aliphatic hydroxyl groups is 1. The summed E-state index contributed by atoms with van der Waals surface area (Å²) in [5.74, 6) is -1.78. The van der Waals surface area contributed by atoms with Gasteiger partial charge in [-0.15, -0.1) is 0 Å². The van der Waals surface area contributed by atoms with Gasteiger partial charge in [-0.1, -0.05) is 31.1 Å². The molecule has 0 aromatic carbocycles. The number of hydrogen-bond donors (Lipinski definition) is 2. The summed E-state index contributed by atoms with van der Waals surface area (Å²) in [6, 6.07) is 0. The lowest BCUT2D eigenvalue weighted by atomic mass is 9.48. The third-order valence-corrected chi connectivity index (χ3v) is 9.00. The van der Waals surface area contributed by atoms with Gasteiger partial charge >= 0.3 is 11.9 Å². The molecule has 0 radical (unpaired) electrons. The zero-order chi connectivity index (χ0) is 21.9. The summed E-state index contributed by atoms with van der Waals surface area (Å²) in [4.78, 5) is 36.1. The van der Waals surface area contributed by atoms with Crippen LogP contribution in [-0.2, 0) is 19.1 Å². The molecule has 0 amide bonds. The largest absolute Gasteiger partial charge is 0.481 e. The lowest BCUT2D eigenvalue weighted by Crippen LogP contribution is -2.54. The Hall–Kier alpha value is -1.95. The van der Waals surface area contributed by atoms with Gasteiger partial charge < -0.3 is 14.9 Å². The second kappa shape index (κ2) is 7.04. The van der Waals surface area contributed by atoms with Crippen LogP contribution in [0.1, 0.15) is 65.2 Å². The Labute approximate surface area is 177 Å². The zero-order valence-electron chi connectivity index (χ0n) is 18.1. The van der Waals surface area contributed by atoms with Gasteiger partial charge in [0, 0.05) is 23.7 Å². The van der Waals surface area contributed by atoms with Crippen molar-refractivity contribution in [2.45, 2.75) is 70.8 Å². The minimum Gasteiger partial charge on any atom is -0.481 e. The van der Waals surface area contributed by atoms with E-state index in [0.717, 1.165) is 24.0 Å². The molecule has 6 heteroatoms. The van der Waals surface area contributed by atoms with Crippen LogP contribution in [0.5, 0.6) is 0 Å². The summed E-state index contributed by atoms with van der Waals surface area (Å²) in [6.45, 7) is 4.22. The molecule has 6 atom stereocenters. The number of fused-ring (bicyclic) bond motifs is 5. The number of aliphatic carboxylic acids is 1. The van der Waals surface area contributed by atoms with Crippen molar-refractivity contribution in [3.63, 3.8) is 0 Å². The highest BCUT2D eigenvalue weighted by atomic mass is 16.5. The number of carboxylic acid groups (broad SMARTS) is 1. The van der Waals surface area contributed by atoms with Gasteiger partial charge in [-0.3, -0.25) is 14.4 Å². The van der Waals surface area contributed by atoms with Crippen LogP contribution in [-0.4, -0.2) is 40.6 Å². The van der Waals surface area contributed by atoms with Crippen LogP contribution >= 0.6 is 0 Å². The van der Waals surface area contributed by atoms with Gasteiger partial charge in [0.1, 0.15) is 0 Å². The average molecular weight is 417 g/mol. The summed E-state index contributed by atoms with van der Waals surface area (Å²) in [5, 5.41) is 21.7. The monoisotopic (exact) mass is 416 g/mol. The molecule has 0 aromatic heterocycles. The Bertz CT molecular complexity index is 856. The summed E-state index contributed by atoms with van der Waals surface area (Å²) < 4.78 is 4.77. The zero-order valence-corrected chi connectivity index (χ0v) is 18.1. The molecule has 0 spiro atoms. The van der Waals surface area contributed by atoms with E-state index in [1.807, 2.05) is 0 Å². The first-order valence-electron chi connectivity index (χ1n) is 11.0. The topological polar surface area (TPSA) is 101 Å². The number of ketones is 1. The van der Waals surface area contributed by atoms with E-state index in [1.165, 1.54) is 7.11 Å². The van der Waals surface area contributed by atoms with Crippen LogP contribution in [0, 0.1) is 28.6 Å². The number of ether oxygens (including phenoxy) is 1. The van der Waals surface area contributed by atoms with Crippen molar-refractivity contribution >= 4 is 17.7 Å². The standard InChI is InChI=1S/C24H32O6/c1-22-8-4-15(25)12-14(22)13-16(21(27)28)20-17(22)5-9-23(2)18(20)6-10-24(23,29)11-7-19(26)30-3/h5,12,16,18,20,29H,4,6-11,13H2,1-3H3,(H,27,28)/t16?,18-,20+,22-,23-,24-/m0/s1. The van der Waals surface area contributed by atoms with E-state index in [4.69, 9.17) is 4.74 Å². The Morgan fingerprint density at radius 1 is 1.27 bits per heavy atom. The predicted molar refractivity (Wildman–Crippen MR) is 109 cm³/mol. The smallest absolute Gasteiger partial charge is 0.307 e. The van der Waals surface area contributed by atoms with Crippen molar-refractivity contribution in [1.29, 1.82) is 0 Å². The molecule has 4 aliphatic rings. The van der Waals surface area contributed by atoms with Crippen LogP contribution in [0.15, 0.2) is 23.3 Å². The molecule has 2 saturated carbocycles. The number of carbonyl (C=O) groups is 3. The van der Waals surface area contributed by atoms with Crippen molar-refractivity contribution < 1.29 is 29.3 Å². The van der Waals surface area contributed by atoms with Gasteiger partial charge in [-0.05, 0) is 56.4 Å². The molecular formula is C24H32O6. The van der Waals surface area contributed by atoms with Crippen molar-refractivity contribution in [1.82, 2.24) is 0 Å². The van der Waals surface area contributed by atoms with Crippen molar-refractivity contribution in [3.05, 3.63) is 23.3 Å². The number of rotatable bonds is 4. The van der Waals surface area contributed by atoms with E-state index in [0.29, 0.717) is 32.1 Å². The van der Waals surface area contributed by atoms with Gasteiger partial charge in [0.15, 0.2) is 5.78 Å². The van der Waals surface area contributed by atoms with Crippen LogP contribution in [0.2, 0.25) is 0 Å². The van der Waals surface area contributed by atoms with Gasteiger partial charge in [0.25, 0.3) is 0 Å². The summed E-state index contributed by atoms with van der Waals surface area (Å²) >= 11 is 0. The first kappa shape index (κ1) is 21.3. The van der Waals surface area contributed by atoms with Gasteiger partial charge in [0.05, 0.1) is 18.6 Å². The number of hydrogen-bond acceptors (Lipinski definition) is 5. The number of carboxylic acids is 1. The second-order valence-electron chi connectivity index (χ2n) is 10.2. The van der Waals surface area contributed by atoms with Crippen LogP contribution in [0.4, 0.5) is 0 Å². The molecule has 1 unspecified atom stereocenters. The maximum atomic E-state index is 12.3. The highest BCUT2D eigenvalue weighted by molar-refractivity contribution is 5.92. The fourth-order valence-corrected chi connectivity index (χ4v) is 7.03. The normalized spacial score (nSPS) is 42.4. The lowest BCUT2D eigenvalue weighted by Gasteiger charge is -2.56. The molecule has 4 aliphatic carbocycles. The maximum absolute atomic E-state index is 12.3. The fraction of sp³-hybridized carbons (Fsp3) is 0.708. The second-order valence-corrected chi connectivity index (χ2v) is 10.2. The molecule has 30 heavy (non-hydrogen) atoms. The first-order chi connectivity index (χ1) is 14.1. The number of methoxy groups -OCH3 is 1. The Balaban J connectivity index is 1.74. The molecule has 6 nitrogen and oxygen atoms in total. The molecule has 0 bridgehead atoms. The summed E-state index contributed by atoms with van der Waals surface area (Å²) in [6.07, 6.45) is 7.91. The number of allylic oxidation sites excluding steroid dienone is 4. The molecule has 0 aliphatic heterocycles. The maximum Gasteiger partial charge on any atom is 0.307 e. The molecule has 0 saturated heterocycles. The van der Waals surface area contributed by atoms with Gasteiger partial charge in [-0.2, -0.15) is 0 Å². The minimum atomic E-state index is -1.02. The first-order valence-corrected chi connectivity index (χ1v) is 11.0. The van der Waals surface area contributed by atoms with E-state index in [9.17, 15) is 24.6 Å². The third kappa shape index (κ3) is 2.90. The highest BCUT2D eigenvalue weighted by Crippen LogP contribution is 2.67. The summed E-state index contributed by atoms with van der Waals surface area (Å²) in [5.41, 5.74) is 0.343. The van der Waals surface area contributed by atoms with E-state index >= 15 is 0 Å². The van der Waals surface area contributed by atoms with E-state index in [1.54, 1.807) is 6.08 Å². The Morgan fingerprint density at radius 3 is 2.67 bits per heavy atom. The molecule has 2 N–H and O–H groups in total. The van der Waals surface area contributed by atoms with Gasteiger partial charge in [-0.25, -0.2) is 0 Å². The van der Waals surface area contributed by atoms with E-state index in [2.05, 4.69) is 19.9 Å². The van der Waals surface area contributed by atoms with E-state index in [-0.39, 0.29) is 35.4 Å². The van der Waals surface area contributed by atoms with E-state index < -0.39 is 22.9 Å². The predicted octanol–water partition coefficient (Wildman–Crippen LogP) is 3.43. The number of carbonyl (C=O) groups excluding carboxylic acids is 2. The molecule has 0 heterocycles. The quantitative estimate of drug-likeness (QED) is 0.538. The molecule has 0 aromatic rings. The highest BCUT2D eigenvalue weighted by Gasteiger charge is 2.64. The molecular weight excluding hydrogens is 384 g/mol. The number of esters is 1. The SMILES string of the molecule is COC(=O)CC[C@@]1(O)CC[C@H]2[C@H]3C(=CC[C@@]21C)[C@@]1(C)CCC(=O)C=C1CC3C(=O)O. The van der Waals surface area contributed by atoms with Crippen molar-refractivity contribution in [3.8, 4) is 0 Å². The van der Waals surface area contributed by atoms with Crippen molar-refractivity contribution in [2.75, 3.05) is 7.11 Å². The third-order valence-electron chi connectivity index (χ3n) is 9.00.